The first kappa shape index (κ1) is 13.0. The van der Waals surface area contributed by atoms with Gasteiger partial charge in [0, 0.05) is 36.4 Å². The number of hydrogen-bond donors (Lipinski definition) is 1. The van der Waals surface area contributed by atoms with Crippen molar-refractivity contribution in [2.45, 2.75) is 44.7 Å². The van der Waals surface area contributed by atoms with Gasteiger partial charge in [-0.3, -0.25) is 0 Å². The Labute approximate surface area is 126 Å². The van der Waals surface area contributed by atoms with Crippen LogP contribution in [0.5, 0.6) is 0 Å². The van der Waals surface area contributed by atoms with Gasteiger partial charge in [-0.15, -0.1) is 0 Å². The van der Waals surface area contributed by atoms with Gasteiger partial charge in [0.05, 0.1) is 0 Å². The predicted octanol–water partition coefficient (Wildman–Crippen LogP) is 3.83. The topological polar surface area (TPSA) is 15.3 Å². The van der Waals surface area contributed by atoms with Crippen molar-refractivity contribution >= 4 is 17.3 Å². The van der Waals surface area contributed by atoms with E-state index in [1.54, 1.807) is 0 Å². The van der Waals surface area contributed by atoms with Gasteiger partial charge in [0.25, 0.3) is 0 Å². The highest BCUT2D eigenvalue weighted by molar-refractivity contribution is 6.31. The van der Waals surface area contributed by atoms with Crippen LogP contribution in [0.15, 0.2) is 18.2 Å². The molecule has 2 atom stereocenters. The number of hydrogen-bond acceptors (Lipinski definition) is 2. The third kappa shape index (κ3) is 2.56. The summed E-state index contributed by atoms with van der Waals surface area (Å²) in [5.41, 5.74) is 2.56. The van der Waals surface area contributed by atoms with E-state index < -0.39 is 0 Å². The van der Waals surface area contributed by atoms with Gasteiger partial charge in [-0.2, -0.15) is 0 Å². The zero-order valence-electron chi connectivity index (χ0n) is 11.9. The van der Waals surface area contributed by atoms with Crippen molar-refractivity contribution in [1.29, 1.82) is 0 Å². The molecule has 1 saturated heterocycles. The van der Waals surface area contributed by atoms with Crippen LogP contribution in [0, 0.1) is 11.8 Å². The average molecular weight is 291 g/mol. The van der Waals surface area contributed by atoms with E-state index in [4.69, 9.17) is 11.6 Å². The molecular formula is C17H23ClN2. The molecule has 3 fully saturated rings. The van der Waals surface area contributed by atoms with Crippen LogP contribution in [-0.2, 0) is 6.54 Å². The molecule has 2 aliphatic carbocycles. The number of benzene rings is 1. The minimum absolute atomic E-state index is 0.740. The maximum Gasteiger partial charge on any atom is 0.0471 e. The molecule has 2 unspecified atom stereocenters. The number of nitrogens with one attached hydrogen (secondary N) is 1. The Morgan fingerprint density at radius 2 is 1.85 bits per heavy atom. The van der Waals surface area contributed by atoms with Crippen molar-refractivity contribution in [3.8, 4) is 0 Å². The third-order valence-corrected chi connectivity index (χ3v) is 5.64. The zero-order chi connectivity index (χ0) is 13.5. The maximum atomic E-state index is 6.47. The molecule has 1 aliphatic heterocycles. The Balaban J connectivity index is 1.44. The molecule has 0 bridgehead atoms. The lowest BCUT2D eigenvalue weighted by Gasteiger charge is -2.20. The standard InChI is InChI=1S/C17H23ClN2/c18-17-8-16(7-4-12(17)9-19-15-5-6-15)20-10-13-2-1-3-14(13)11-20/h4,7-8,13-15,19H,1-3,5-6,9-11H2. The molecule has 0 aromatic heterocycles. The summed E-state index contributed by atoms with van der Waals surface area (Å²) in [4.78, 5) is 2.54. The molecule has 1 heterocycles. The summed E-state index contributed by atoms with van der Waals surface area (Å²) in [6.07, 6.45) is 6.95. The monoisotopic (exact) mass is 290 g/mol. The summed E-state index contributed by atoms with van der Waals surface area (Å²) in [6, 6.07) is 7.38. The van der Waals surface area contributed by atoms with E-state index in [0.29, 0.717) is 0 Å². The smallest absolute Gasteiger partial charge is 0.0471 e. The largest absolute Gasteiger partial charge is 0.371 e. The lowest BCUT2D eigenvalue weighted by atomic mass is 10.0. The van der Waals surface area contributed by atoms with E-state index in [-0.39, 0.29) is 0 Å². The van der Waals surface area contributed by atoms with Crippen LogP contribution in [0.4, 0.5) is 5.69 Å². The van der Waals surface area contributed by atoms with E-state index in [2.05, 4.69) is 28.4 Å². The molecule has 1 aromatic rings. The summed E-state index contributed by atoms with van der Waals surface area (Å²) < 4.78 is 0. The molecule has 4 rings (SSSR count). The van der Waals surface area contributed by atoms with Gasteiger partial charge in [-0.1, -0.05) is 24.1 Å². The number of fused-ring (bicyclic) bond motifs is 1. The lowest BCUT2D eigenvalue weighted by molar-refractivity contribution is 0.494. The van der Waals surface area contributed by atoms with Crippen LogP contribution >= 0.6 is 11.6 Å². The minimum atomic E-state index is 0.740. The van der Waals surface area contributed by atoms with Crippen molar-refractivity contribution in [2.75, 3.05) is 18.0 Å². The fraction of sp³-hybridized carbons (Fsp3) is 0.647. The molecule has 2 saturated carbocycles. The summed E-state index contributed by atoms with van der Waals surface area (Å²) in [5.74, 6) is 1.87. The molecule has 0 radical (unpaired) electrons. The van der Waals surface area contributed by atoms with Crippen LogP contribution < -0.4 is 10.2 Å². The van der Waals surface area contributed by atoms with Gasteiger partial charge in [-0.25, -0.2) is 0 Å². The number of rotatable bonds is 4. The molecule has 1 aromatic carbocycles. The van der Waals surface area contributed by atoms with Crippen molar-refractivity contribution in [1.82, 2.24) is 5.32 Å². The van der Waals surface area contributed by atoms with Crippen molar-refractivity contribution < 1.29 is 0 Å². The highest BCUT2D eigenvalue weighted by atomic mass is 35.5. The first-order chi connectivity index (χ1) is 9.79. The molecule has 2 nitrogen and oxygen atoms in total. The molecule has 108 valence electrons. The highest BCUT2D eigenvalue weighted by Crippen LogP contribution is 2.40. The Morgan fingerprint density at radius 1 is 1.10 bits per heavy atom. The molecule has 20 heavy (non-hydrogen) atoms. The summed E-state index contributed by atoms with van der Waals surface area (Å²) in [7, 11) is 0. The van der Waals surface area contributed by atoms with Crippen LogP contribution in [0.25, 0.3) is 0 Å². The van der Waals surface area contributed by atoms with Gasteiger partial charge >= 0.3 is 0 Å². The second-order valence-electron chi connectivity index (χ2n) is 6.79. The van der Waals surface area contributed by atoms with Gasteiger partial charge in [-0.05, 0) is 55.2 Å². The average Bonchev–Trinajstić information content (AvgIpc) is 3.01. The number of nitrogens with zero attached hydrogens (tertiary/aromatic N) is 1. The van der Waals surface area contributed by atoms with Crippen molar-refractivity contribution in [3.63, 3.8) is 0 Å². The van der Waals surface area contributed by atoms with E-state index in [0.717, 1.165) is 29.4 Å². The Kier molecular flexibility index (Phi) is 3.39. The Morgan fingerprint density at radius 3 is 2.50 bits per heavy atom. The predicted molar refractivity (Wildman–Crippen MR) is 84.4 cm³/mol. The first-order valence-corrected chi connectivity index (χ1v) is 8.44. The van der Waals surface area contributed by atoms with Gasteiger partial charge in [0.2, 0.25) is 0 Å². The van der Waals surface area contributed by atoms with Crippen LogP contribution in [0.2, 0.25) is 5.02 Å². The summed E-state index contributed by atoms with van der Waals surface area (Å²) in [6.45, 7) is 3.39. The van der Waals surface area contributed by atoms with Gasteiger partial charge in [0.1, 0.15) is 0 Å². The molecule has 0 amide bonds. The van der Waals surface area contributed by atoms with E-state index in [1.165, 1.54) is 56.4 Å². The fourth-order valence-corrected chi connectivity index (χ4v) is 4.11. The quantitative estimate of drug-likeness (QED) is 0.907. The van der Waals surface area contributed by atoms with Gasteiger partial charge in [0.15, 0.2) is 0 Å². The van der Waals surface area contributed by atoms with Gasteiger partial charge < -0.3 is 10.2 Å². The highest BCUT2D eigenvalue weighted by Gasteiger charge is 2.36. The summed E-state index contributed by atoms with van der Waals surface area (Å²) in [5, 5.41) is 4.46. The fourth-order valence-electron chi connectivity index (χ4n) is 3.86. The molecule has 3 heteroatoms. The third-order valence-electron chi connectivity index (χ3n) is 5.29. The van der Waals surface area contributed by atoms with Crippen LogP contribution in [-0.4, -0.2) is 19.1 Å². The molecule has 1 N–H and O–H groups in total. The molecule has 3 aliphatic rings. The SMILES string of the molecule is Clc1cc(N2CC3CCCC3C2)ccc1CNC1CC1. The zero-order valence-corrected chi connectivity index (χ0v) is 12.7. The second kappa shape index (κ2) is 5.23. The lowest BCUT2D eigenvalue weighted by Crippen LogP contribution is -2.21. The van der Waals surface area contributed by atoms with Crippen molar-refractivity contribution in [2.24, 2.45) is 11.8 Å². The Bertz CT molecular complexity index is 486. The second-order valence-corrected chi connectivity index (χ2v) is 7.19. The number of halogens is 1. The first-order valence-electron chi connectivity index (χ1n) is 8.06. The van der Waals surface area contributed by atoms with E-state index in [1.807, 2.05) is 0 Å². The normalized spacial score (nSPS) is 28.9. The van der Waals surface area contributed by atoms with Crippen LogP contribution in [0.3, 0.4) is 0 Å². The van der Waals surface area contributed by atoms with E-state index in [9.17, 15) is 0 Å². The Hall–Kier alpha value is -0.730. The molecular weight excluding hydrogens is 268 g/mol. The summed E-state index contributed by atoms with van der Waals surface area (Å²) >= 11 is 6.47. The number of anilines is 1. The maximum absolute atomic E-state index is 6.47. The molecule has 0 spiro atoms. The van der Waals surface area contributed by atoms with Crippen LogP contribution in [0.1, 0.15) is 37.7 Å². The minimum Gasteiger partial charge on any atom is -0.371 e. The van der Waals surface area contributed by atoms with Crippen molar-refractivity contribution in [3.05, 3.63) is 28.8 Å². The van der Waals surface area contributed by atoms with E-state index >= 15 is 0 Å².